The number of para-hydroxylation sites is 1. The molecule has 0 atom stereocenters. The lowest BCUT2D eigenvalue weighted by atomic mass is 10.3. The van der Waals surface area contributed by atoms with Crippen molar-refractivity contribution in [1.82, 2.24) is 24.7 Å². The van der Waals surface area contributed by atoms with Crippen molar-refractivity contribution in [1.29, 1.82) is 0 Å². The molecule has 3 rings (SSSR count). The molecule has 0 aliphatic heterocycles. The number of ether oxygens (including phenoxy) is 2. The molecule has 0 aliphatic carbocycles. The summed E-state index contributed by atoms with van der Waals surface area (Å²) in [7, 11) is -1.07. The van der Waals surface area contributed by atoms with E-state index in [2.05, 4.69) is 24.8 Å². The molecule has 2 heterocycles. The molecule has 11 heteroatoms. The highest BCUT2D eigenvalue weighted by Crippen LogP contribution is 2.17. The van der Waals surface area contributed by atoms with Crippen LogP contribution in [0.1, 0.15) is 0 Å². The van der Waals surface area contributed by atoms with Crippen LogP contribution in [0, 0.1) is 0 Å². The van der Waals surface area contributed by atoms with Crippen LogP contribution in [-0.2, 0) is 10.0 Å². The molecular formula is C14H14N6O4S. The predicted octanol–water partition coefficient (Wildman–Crippen LogP) is 0.875. The average molecular weight is 362 g/mol. The molecule has 3 aromatic rings. The van der Waals surface area contributed by atoms with Crippen LogP contribution >= 0.6 is 0 Å². The Labute approximate surface area is 143 Å². The molecule has 1 N–H and O–H groups in total. The Hall–Kier alpha value is -3.21. The second kappa shape index (κ2) is 6.73. The van der Waals surface area contributed by atoms with E-state index in [0.717, 1.165) is 4.68 Å². The fourth-order valence-electron chi connectivity index (χ4n) is 1.88. The zero-order chi connectivity index (χ0) is 17.9. The van der Waals surface area contributed by atoms with E-state index in [1.165, 1.54) is 26.6 Å². The number of methoxy groups -OCH3 is 2. The van der Waals surface area contributed by atoms with Crippen molar-refractivity contribution >= 4 is 15.7 Å². The number of anilines is 1. The summed E-state index contributed by atoms with van der Waals surface area (Å²) in [6.07, 6.45) is 1.19. The van der Waals surface area contributed by atoms with Crippen LogP contribution in [0.2, 0.25) is 0 Å². The molecule has 0 unspecified atom stereocenters. The highest BCUT2D eigenvalue weighted by atomic mass is 32.2. The lowest BCUT2D eigenvalue weighted by Gasteiger charge is -2.05. The first kappa shape index (κ1) is 16.6. The lowest BCUT2D eigenvalue weighted by molar-refractivity contribution is 0.369. The van der Waals surface area contributed by atoms with Gasteiger partial charge in [0, 0.05) is 5.69 Å². The van der Waals surface area contributed by atoms with Gasteiger partial charge in [0.05, 0.1) is 20.3 Å². The zero-order valence-electron chi connectivity index (χ0n) is 13.3. The zero-order valence-corrected chi connectivity index (χ0v) is 14.1. The minimum absolute atomic E-state index is 0.0601. The quantitative estimate of drug-likeness (QED) is 0.686. The van der Waals surface area contributed by atoms with Crippen molar-refractivity contribution in [3.63, 3.8) is 0 Å². The van der Waals surface area contributed by atoms with Gasteiger partial charge in [-0.05, 0) is 12.1 Å². The highest BCUT2D eigenvalue weighted by Gasteiger charge is 2.21. The number of nitrogens with one attached hydrogen (secondary N) is 1. The van der Waals surface area contributed by atoms with Gasteiger partial charge < -0.3 is 9.47 Å². The minimum atomic E-state index is -3.94. The third-order valence-electron chi connectivity index (χ3n) is 3.03. The van der Waals surface area contributed by atoms with Crippen LogP contribution in [0.4, 0.5) is 5.69 Å². The minimum Gasteiger partial charge on any atom is -0.481 e. The first-order chi connectivity index (χ1) is 12.0. The van der Waals surface area contributed by atoms with Gasteiger partial charge in [0.2, 0.25) is 11.8 Å². The van der Waals surface area contributed by atoms with E-state index in [-0.39, 0.29) is 17.7 Å². The molecule has 130 valence electrons. The number of aromatic nitrogens is 5. The van der Waals surface area contributed by atoms with Crippen molar-refractivity contribution in [2.75, 3.05) is 18.9 Å². The monoisotopic (exact) mass is 362 g/mol. The highest BCUT2D eigenvalue weighted by molar-refractivity contribution is 7.92. The molecule has 10 nitrogen and oxygen atoms in total. The van der Waals surface area contributed by atoms with E-state index in [0.29, 0.717) is 5.69 Å². The Morgan fingerprint density at radius 3 is 2.28 bits per heavy atom. The average Bonchev–Trinajstić information content (AvgIpc) is 3.13. The predicted molar refractivity (Wildman–Crippen MR) is 87.3 cm³/mol. The number of benzene rings is 1. The number of sulfonamides is 1. The van der Waals surface area contributed by atoms with E-state index >= 15 is 0 Å². The van der Waals surface area contributed by atoms with E-state index < -0.39 is 15.2 Å². The molecule has 0 aliphatic rings. The summed E-state index contributed by atoms with van der Waals surface area (Å²) in [5, 5.41) is 3.50. The standard InChI is InChI=1S/C14H14N6O4S/c1-23-11-8-12(24-2)17-13(16-11)20-9-15-14(18-20)25(21,22)19-10-6-4-3-5-7-10/h3-9,19H,1-2H3. The molecule has 0 spiro atoms. The molecule has 25 heavy (non-hydrogen) atoms. The van der Waals surface area contributed by atoms with Crippen molar-refractivity contribution in [3.05, 3.63) is 42.7 Å². The number of nitrogens with zero attached hydrogens (tertiary/aromatic N) is 5. The van der Waals surface area contributed by atoms with Crippen LogP contribution in [0.5, 0.6) is 11.8 Å². The Morgan fingerprint density at radius 1 is 1.04 bits per heavy atom. The maximum Gasteiger partial charge on any atom is 0.299 e. The SMILES string of the molecule is COc1cc(OC)nc(-n2cnc(S(=O)(=O)Nc3ccccc3)n2)n1. The molecule has 0 fully saturated rings. The fraction of sp³-hybridized carbons (Fsp3) is 0.143. The van der Waals surface area contributed by atoms with Gasteiger partial charge in [-0.3, -0.25) is 4.72 Å². The van der Waals surface area contributed by atoms with E-state index in [4.69, 9.17) is 9.47 Å². The molecule has 2 aromatic heterocycles. The summed E-state index contributed by atoms with van der Waals surface area (Å²) in [6, 6.07) is 9.91. The second-order valence-corrected chi connectivity index (χ2v) is 6.27. The third kappa shape index (κ3) is 3.66. The molecule has 0 saturated carbocycles. The summed E-state index contributed by atoms with van der Waals surface area (Å²) in [4.78, 5) is 12.0. The Kier molecular flexibility index (Phi) is 4.48. The van der Waals surface area contributed by atoms with E-state index in [1.807, 2.05) is 0 Å². The van der Waals surface area contributed by atoms with Crippen LogP contribution in [0.25, 0.3) is 5.95 Å². The molecule has 0 bridgehead atoms. The van der Waals surface area contributed by atoms with Crippen LogP contribution < -0.4 is 14.2 Å². The summed E-state index contributed by atoms with van der Waals surface area (Å²) < 4.78 is 38.3. The van der Waals surface area contributed by atoms with Crippen LogP contribution in [-0.4, -0.2) is 47.4 Å². The largest absolute Gasteiger partial charge is 0.481 e. The van der Waals surface area contributed by atoms with Gasteiger partial charge in [0.15, 0.2) is 0 Å². The van der Waals surface area contributed by atoms with E-state index in [9.17, 15) is 8.42 Å². The number of hydrogen-bond acceptors (Lipinski definition) is 8. The Morgan fingerprint density at radius 2 is 1.68 bits per heavy atom. The van der Waals surface area contributed by atoms with Crippen LogP contribution in [0.15, 0.2) is 47.9 Å². The molecule has 0 saturated heterocycles. The molecular weight excluding hydrogens is 348 g/mol. The number of hydrogen-bond donors (Lipinski definition) is 1. The van der Waals surface area contributed by atoms with Crippen molar-refractivity contribution in [3.8, 4) is 17.7 Å². The van der Waals surface area contributed by atoms with Crippen LogP contribution in [0.3, 0.4) is 0 Å². The second-order valence-electron chi connectivity index (χ2n) is 4.70. The Bertz CT molecular complexity index is 952. The maximum absolute atomic E-state index is 12.4. The van der Waals surface area contributed by atoms with Gasteiger partial charge in [-0.15, -0.1) is 5.10 Å². The topological polar surface area (TPSA) is 121 Å². The smallest absolute Gasteiger partial charge is 0.299 e. The third-order valence-corrected chi connectivity index (χ3v) is 4.20. The normalized spacial score (nSPS) is 11.1. The first-order valence-electron chi connectivity index (χ1n) is 6.99. The summed E-state index contributed by atoms with van der Waals surface area (Å²) in [5.74, 6) is 0.540. The summed E-state index contributed by atoms with van der Waals surface area (Å²) >= 11 is 0. The summed E-state index contributed by atoms with van der Waals surface area (Å²) in [5.41, 5.74) is 0.401. The first-order valence-corrected chi connectivity index (χ1v) is 8.47. The number of rotatable bonds is 6. The fourth-order valence-corrected chi connectivity index (χ4v) is 2.80. The molecule has 0 radical (unpaired) electrons. The maximum atomic E-state index is 12.4. The lowest BCUT2D eigenvalue weighted by Crippen LogP contribution is -2.15. The summed E-state index contributed by atoms with van der Waals surface area (Å²) in [6.45, 7) is 0. The van der Waals surface area contributed by atoms with E-state index in [1.54, 1.807) is 30.3 Å². The van der Waals surface area contributed by atoms with Gasteiger partial charge in [-0.25, -0.2) is 4.98 Å². The van der Waals surface area contributed by atoms with Gasteiger partial charge >= 0.3 is 0 Å². The molecule has 1 aromatic carbocycles. The molecule has 0 amide bonds. The van der Waals surface area contributed by atoms with Crippen molar-refractivity contribution in [2.45, 2.75) is 5.16 Å². The van der Waals surface area contributed by atoms with Crippen molar-refractivity contribution < 1.29 is 17.9 Å². The Balaban J connectivity index is 1.92. The van der Waals surface area contributed by atoms with Gasteiger partial charge in [0.25, 0.3) is 21.1 Å². The van der Waals surface area contributed by atoms with Gasteiger partial charge in [0.1, 0.15) is 6.33 Å². The van der Waals surface area contributed by atoms with Crippen molar-refractivity contribution in [2.24, 2.45) is 0 Å². The van der Waals surface area contributed by atoms with Gasteiger partial charge in [-0.1, -0.05) is 18.2 Å². The van der Waals surface area contributed by atoms with Gasteiger partial charge in [-0.2, -0.15) is 23.1 Å².